The number of aliphatic hydroxyl groups is 4. The van der Waals surface area contributed by atoms with Gasteiger partial charge in [0.15, 0.2) is 23.7 Å². The number of Topliss-reactive ketones (excluding diaryl/α,β-unsaturated/α-hetero) is 1. The molecular weight excluding hydrogens is 428 g/mol. The first kappa shape index (κ1) is 22.1. The zero-order valence-electron chi connectivity index (χ0n) is 16.7. The van der Waals surface area contributed by atoms with Gasteiger partial charge < -0.3 is 50.0 Å². The fourth-order valence-corrected chi connectivity index (χ4v) is 3.68. The van der Waals surface area contributed by atoms with Crippen molar-refractivity contribution < 1.29 is 54.8 Å². The van der Waals surface area contributed by atoms with Crippen LogP contribution in [0.25, 0.3) is 0 Å². The van der Waals surface area contributed by atoms with Crippen LogP contribution in [-0.4, -0.2) is 78.3 Å². The maximum atomic E-state index is 12.7. The van der Waals surface area contributed by atoms with E-state index in [2.05, 4.69) is 0 Å². The van der Waals surface area contributed by atoms with Crippen LogP contribution in [0.3, 0.4) is 0 Å². The number of hydrogen-bond acceptors (Lipinski definition) is 11. The van der Waals surface area contributed by atoms with Crippen molar-refractivity contribution in [3.05, 3.63) is 41.5 Å². The number of phenols is 3. The van der Waals surface area contributed by atoms with Crippen LogP contribution in [0.4, 0.5) is 0 Å². The van der Waals surface area contributed by atoms with Crippen molar-refractivity contribution in [1.29, 1.82) is 0 Å². The Morgan fingerprint density at radius 1 is 0.875 bits per heavy atom. The molecule has 2 aliphatic rings. The number of phenolic OH excluding ortho intramolecular Hbond substituents is 3. The van der Waals surface area contributed by atoms with Crippen LogP contribution in [0.1, 0.15) is 28.9 Å². The number of hydrogen-bond donors (Lipinski definition) is 7. The number of ketones is 1. The second-order valence-corrected chi connectivity index (χ2v) is 7.71. The second-order valence-electron chi connectivity index (χ2n) is 7.71. The van der Waals surface area contributed by atoms with Gasteiger partial charge in [0.05, 0.1) is 6.10 Å². The van der Waals surface area contributed by atoms with Crippen LogP contribution in [0, 0.1) is 0 Å². The molecule has 4 rings (SSSR count). The standard InChI is InChI=1S/C21H22O11/c1-7-15(25)17(27)19(29)21(30-7)31-9-5-12(24)14-13(6-9)32-20(18(28)16(14)26)8-2-3-10(22)11(23)4-8/h2-7,15,17-25,27-29H,1H3/t7-,15-,17+,18+,19-,20-,21+/m1/s1. The summed E-state index contributed by atoms with van der Waals surface area (Å²) in [5.41, 5.74) is -0.104. The molecular formula is C21H22O11. The largest absolute Gasteiger partial charge is 0.507 e. The molecule has 1 fully saturated rings. The summed E-state index contributed by atoms with van der Waals surface area (Å²) in [7, 11) is 0. The van der Waals surface area contributed by atoms with E-state index < -0.39 is 65.9 Å². The van der Waals surface area contributed by atoms with Crippen LogP contribution >= 0.6 is 0 Å². The minimum absolute atomic E-state index is 0.0856. The molecule has 2 aromatic rings. The SMILES string of the molecule is C[C@H]1O[C@@H](Oc2cc(O)c3c(c2)O[C@H](c2ccc(O)c(O)c2)[C@@H](O)C3=O)[C@H](O)[C@@H](O)[C@@H]1O. The summed E-state index contributed by atoms with van der Waals surface area (Å²) in [6, 6.07) is 5.92. The van der Waals surface area contributed by atoms with Crippen molar-refractivity contribution in [3.63, 3.8) is 0 Å². The topological polar surface area (TPSA) is 186 Å². The number of aromatic hydroxyl groups is 3. The van der Waals surface area contributed by atoms with E-state index >= 15 is 0 Å². The first-order valence-corrected chi connectivity index (χ1v) is 9.72. The Bertz CT molecular complexity index is 1040. The van der Waals surface area contributed by atoms with E-state index in [1.54, 1.807) is 0 Å². The van der Waals surface area contributed by atoms with Gasteiger partial charge in [-0.05, 0) is 24.6 Å². The normalized spacial score (nSPS) is 32.2. The molecule has 0 saturated carbocycles. The Kier molecular flexibility index (Phi) is 5.61. The molecule has 0 radical (unpaired) electrons. The number of rotatable bonds is 3. The van der Waals surface area contributed by atoms with E-state index in [0.717, 1.165) is 12.1 Å². The van der Waals surface area contributed by atoms with Crippen molar-refractivity contribution >= 4 is 5.78 Å². The number of fused-ring (bicyclic) bond motifs is 1. The van der Waals surface area contributed by atoms with Crippen LogP contribution in [0.2, 0.25) is 0 Å². The monoisotopic (exact) mass is 450 g/mol. The van der Waals surface area contributed by atoms with Crippen LogP contribution in [0.5, 0.6) is 28.7 Å². The van der Waals surface area contributed by atoms with Crippen LogP contribution in [0.15, 0.2) is 30.3 Å². The molecule has 0 bridgehead atoms. The Morgan fingerprint density at radius 3 is 2.28 bits per heavy atom. The number of carbonyl (C=O) groups is 1. The van der Waals surface area contributed by atoms with Gasteiger partial charge in [-0.2, -0.15) is 0 Å². The molecule has 32 heavy (non-hydrogen) atoms. The molecule has 2 heterocycles. The summed E-state index contributed by atoms with van der Waals surface area (Å²) in [6.45, 7) is 1.47. The lowest BCUT2D eigenvalue weighted by atomic mass is 9.92. The Labute approximate surface area is 181 Å². The first-order chi connectivity index (χ1) is 15.1. The third-order valence-corrected chi connectivity index (χ3v) is 5.50. The maximum absolute atomic E-state index is 12.7. The highest BCUT2D eigenvalue weighted by Crippen LogP contribution is 2.43. The predicted molar refractivity (Wildman–Crippen MR) is 105 cm³/mol. The molecule has 0 aromatic heterocycles. The zero-order valence-corrected chi connectivity index (χ0v) is 16.7. The first-order valence-electron chi connectivity index (χ1n) is 9.72. The minimum Gasteiger partial charge on any atom is -0.507 e. The Morgan fingerprint density at radius 2 is 1.59 bits per heavy atom. The zero-order chi connectivity index (χ0) is 23.3. The van der Waals surface area contributed by atoms with E-state index in [0.29, 0.717) is 0 Å². The molecule has 0 unspecified atom stereocenters. The van der Waals surface area contributed by atoms with Gasteiger partial charge in [-0.25, -0.2) is 0 Å². The van der Waals surface area contributed by atoms with E-state index in [9.17, 15) is 40.5 Å². The molecule has 0 amide bonds. The van der Waals surface area contributed by atoms with E-state index in [1.807, 2.05) is 0 Å². The predicted octanol–water partition coefficient (Wildman–Crippen LogP) is -0.313. The van der Waals surface area contributed by atoms with Gasteiger partial charge in [0, 0.05) is 12.1 Å². The van der Waals surface area contributed by atoms with Crippen molar-refractivity contribution in [3.8, 4) is 28.7 Å². The summed E-state index contributed by atoms with van der Waals surface area (Å²) < 4.78 is 16.6. The Balaban J connectivity index is 1.64. The maximum Gasteiger partial charge on any atom is 0.229 e. The van der Waals surface area contributed by atoms with Crippen LogP contribution < -0.4 is 9.47 Å². The summed E-state index contributed by atoms with van der Waals surface area (Å²) in [4.78, 5) is 12.7. The lowest BCUT2D eigenvalue weighted by molar-refractivity contribution is -0.268. The van der Waals surface area contributed by atoms with Gasteiger partial charge in [-0.15, -0.1) is 0 Å². The highest BCUT2D eigenvalue weighted by atomic mass is 16.7. The highest BCUT2D eigenvalue weighted by molar-refractivity contribution is 6.05. The molecule has 1 saturated heterocycles. The molecule has 172 valence electrons. The number of benzene rings is 2. The van der Waals surface area contributed by atoms with Gasteiger partial charge in [0.25, 0.3) is 0 Å². The van der Waals surface area contributed by atoms with Gasteiger partial charge in [0.2, 0.25) is 12.1 Å². The van der Waals surface area contributed by atoms with Gasteiger partial charge in [0.1, 0.15) is 41.1 Å². The van der Waals surface area contributed by atoms with Crippen molar-refractivity contribution in [1.82, 2.24) is 0 Å². The molecule has 0 spiro atoms. The number of aliphatic hydroxyl groups excluding tert-OH is 4. The molecule has 2 aromatic carbocycles. The number of carbonyl (C=O) groups excluding carboxylic acids is 1. The molecule has 7 atom stereocenters. The fourth-order valence-electron chi connectivity index (χ4n) is 3.68. The van der Waals surface area contributed by atoms with Gasteiger partial charge in [-0.1, -0.05) is 6.07 Å². The third kappa shape index (κ3) is 3.70. The van der Waals surface area contributed by atoms with E-state index in [-0.39, 0.29) is 22.6 Å². The molecule has 0 aliphatic carbocycles. The average molecular weight is 450 g/mol. The smallest absolute Gasteiger partial charge is 0.229 e. The van der Waals surface area contributed by atoms with E-state index in [4.69, 9.17) is 14.2 Å². The number of ether oxygens (including phenoxy) is 3. The average Bonchev–Trinajstić information content (AvgIpc) is 2.74. The summed E-state index contributed by atoms with van der Waals surface area (Å²) >= 11 is 0. The van der Waals surface area contributed by atoms with Gasteiger partial charge >= 0.3 is 0 Å². The summed E-state index contributed by atoms with van der Waals surface area (Å²) in [5.74, 6) is -2.51. The van der Waals surface area contributed by atoms with Crippen LogP contribution in [-0.2, 0) is 4.74 Å². The summed E-state index contributed by atoms with van der Waals surface area (Å²) in [5, 5.41) is 69.8. The highest BCUT2D eigenvalue weighted by Gasteiger charge is 2.44. The molecule has 7 N–H and O–H groups in total. The van der Waals surface area contributed by atoms with Crippen molar-refractivity contribution in [2.24, 2.45) is 0 Å². The van der Waals surface area contributed by atoms with Crippen molar-refractivity contribution in [2.75, 3.05) is 0 Å². The molecule has 11 nitrogen and oxygen atoms in total. The van der Waals surface area contributed by atoms with Gasteiger partial charge in [-0.3, -0.25) is 4.79 Å². The Hall–Kier alpha value is -3.09. The lowest BCUT2D eigenvalue weighted by Gasteiger charge is -2.39. The lowest BCUT2D eigenvalue weighted by Crippen LogP contribution is -2.58. The molecule has 11 heteroatoms. The fraction of sp³-hybridized carbons (Fsp3) is 0.381. The third-order valence-electron chi connectivity index (χ3n) is 5.50. The minimum atomic E-state index is -1.70. The second kappa shape index (κ2) is 8.11. The quantitative estimate of drug-likeness (QED) is 0.304. The van der Waals surface area contributed by atoms with Crippen molar-refractivity contribution in [2.45, 2.75) is 49.8 Å². The molecule has 2 aliphatic heterocycles. The summed E-state index contributed by atoms with van der Waals surface area (Å²) in [6.07, 6.45) is -9.67. The van der Waals surface area contributed by atoms with E-state index in [1.165, 1.54) is 25.1 Å².